The summed E-state index contributed by atoms with van der Waals surface area (Å²) in [7, 11) is -2.69. The Morgan fingerprint density at radius 3 is 1.61 bits per heavy atom. The second kappa shape index (κ2) is 19.5. The van der Waals surface area contributed by atoms with Crippen molar-refractivity contribution in [2.75, 3.05) is 6.61 Å². The van der Waals surface area contributed by atoms with Gasteiger partial charge < -0.3 is 9.42 Å². The molecule has 0 spiro atoms. The third-order valence-electron chi connectivity index (χ3n) is 2.72. The minimum absolute atomic E-state index is 0.435. The van der Waals surface area contributed by atoms with E-state index in [1.807, 2.05) is 13.8 Å². The highest BCUT2D eigenvalue weighted by molar-refractivity contribution is 7.32. The van der Waals surface area contributed by atoms with Gasteiger partial charge in [0, 0.05) is 0 Å². The quantitative estimate of drug-likeness (QED) is 0.388. The van der Waals surface area contributed by atoms with Crippen LogP contribution in [0.15, 0.2) is 0 Å². The van der Waals surface area contributed by atoms with E-state index in [0.29, 0.717) is 6.61 Å². The fourth-order valence-corrected chi connectivity index (χ4v) is 2.07. The van der Waals surface area contributed by atoms with Gasteiger partial charge >= 0.3 is 8.25 Å². The second-order valence-corrected chi connectivity index (χ2v) is 5.12. The van der Waals surface area contributed by atoms with Crippen LogP contribution in [-0.4, -0.2) is 11.5 Å². The Hall–Kier alpha value is 0.150. The average Bonchev–Trinajstić information content (AvgIpc) is 2.38. The minimum atomic E-state index is -2.69. The zero-order chi connectivity index (χ0) is 14.1. The Labute approximate surface area is 114 Å². The van der Waals surface area contributed by atoms with Crippen molar-refractivity contribution in [3.63, 3.8) is 0 Å². The van der Waals surface area contributed by atoms with Crippen LogP contribution in [0.25, 0.3) is 0 Å². The van der Waals surface area contributed by atoms with Crippen molar-refractivity contribution < 1.29 is 14.0 Å². The van der Waals surface area contributed by atoms with Crippen LogP contribution in [-0.2, 0) is 9.09 Å². The van der Waals surface area contributed by atoms with Crippen LogP contribution in [0.2, 0.25) is 0 Å². The third-order valence-corrected chi connectivity index (χ3v) is 3.17. The van der Waals surface area contributed by atoms with E-state index in [1.165, 1.54) is 51.4 Å². The Bertz CT molecular complexity index is 163. The molecule has 0 rings (SSSR count). The molecular weight excluding hydrogens is 247 g/mol. The topological polar surface area (TPSA) is 46.5 Å². The molecule has 0 aromatic carbocycles. The van der Waals surface area contributed by atoms with E-state index in [-0.39, 0.29) is 0 Å². The molecule has 0 heterocycles. The van der Waals surface area contributed by atoms with Crippen molar-refractivity contribution in [2.45, 2.75) is 85.0 Å². The molecule has 0 aliphatic rings. The van der Waals surface area contributed by atoms with Crippen LogP contribution in [0.3, 0.4) is 0 Å². The fraction of sp³-hybridized carbons (Fsp3) is 1.00. The molecule has 0 aliphatic carbocycles. The maximum atomic E-state index is 10.2. The maximum absolute atomic E-state index is 10.2. The van der Waals surface area contributed by atoms with Crippen molar-refractivity contribution in [1.82, 2.24) is 0 Å². The molecule has 1 unspecified atom stereocenters. The molecule has 0 aromatic rings. The van der Waals surface area contributed by atoms with Gasteiger partial charge in [-0.2, -0.15) is 0 Å². The van der Waals surface area contributed by atoms with E-state index in [9.17, 15) is 4.57 Å². The van der Waals surface area contributed by atoms with Crippen molar-refractivity contribution in [2.24, 2.45) is 0 Å². The van der Waals surface area contributed by atoms with Gasteiger partial charge in [-0.1, -0.05) is 78.6 Å². The molecule has 1 N–H and O–H groups in total. The predicted octanol–water partition coefficient (Wildman–Crippen LogP) is 5.33. The lowest BCUT2D eigenvalue weighted by Crippen LogP contribution is -1.87. The van der Waals surface area contributed by atoms with E-state index in [0.717, 1.165) is 12.8 Å². The summed E-state index contributed by atoms with van der Waals surface area (Å²) in [6, 6.07) is 0. The standard InChI is InChI=1S/C12H27O3P.C2H6/c1-2-3-4-5-6-7-8-9-10-11-12-15-16(13)14;1-2/h16H,2-12H2,1H3,(H,13,14);1-2H3. The smallest absolute Gasteiger partial charge is 0.316 e. The van der Waals surface area contributed by atoms with E-state index >= 15 is 0 Å². The van der Waals surface area contributed by atoms with Crippen LogP contribution in [0.4, 0.5) is 0 Å². The normalized spacial score (nSPS) is 11.8. The molecule has 0 radical (unpaired) electrons. The lowest BCUT2D eigenvalue weighted by atomic mass is 10.1. The van der Waals surface area contributed by atoms with Crippen molar-refractivity contribution in [1.29, 1.82) is 0 Å². The first-order valence-corrected chi connectivity index (χ1v) is 8.89. The molecule has 3 nitrogen and oxygen atoms in total. The summed E-state index contributed by atoms with van der Waals surface area (Å²) in [6.07, 6.45) is 12.7. The van der Waals surface area contributed by atoms with Gasteiger partial charge in [-0.15, -0.1) is 0 Å². The summed E-state index contributed by atoms with van der Waals surface area (Å²) in [5, 5.41) is 0. The Morgan fingerprint density at radius 1 is 0.833 bits per heavy atom. The lowest BCUT2D eigenvalue weighted by Gasteiger charge is -2.02. The Morgan fingerprint density at radius 2 is 1.22 bits per heavy atom. The van der Waals surface area contributed by atoms with Gasteiger partial charge in [0.25, 0.3) is 0 Å². The molecule has 0 saturated heterocycles. The van der Waals surface area contributed by atoms with E-state index in [4.69, 9.17) is 4.89 Å². The number of hydrogen-bond donors (Lipinski definition) is 1. The highest BCUT2D eigenvalue weighted by Crippen LogP contribution is 2.16. The van der Waals surface area contributed by atoms with Crippen molar-refractivity contribution in [3.05, 3.63) is 0 Å². The first-order valence-electron chi connectivity index (χ1n) is 7.63. The van der Waals surface area contributed by atoms with Crippen LogP contribution >= 0.6 is 8.25 Å². The highest BCUT2D eigenvalue weighted by Gasteiger charge is 1.94. The molecule has 0 aliphatic heterocycles. The Kier molecular flexibility index (Phi) is 22.2. The molecular formula is C14H33O3P. The summed E-state index contributed by atoms with van der Waals surface area (Å²) >= 11 is 0. The second-order valence-electron chi connectivity index (χ2n) is 4.30. The molecule has 4 heteroatoms. The number of rotatable bonds is 12. The molecule has 0 fully saturated rings. The summed E-state index contributed by atoms with van der Waals surface area (Å²) in [5.41, 5.74) is 0. The third kappa shape index (κ3) is 21.4. The minimum Gasteiger partial charge on any atom is -0.326 e. The molecule has 112 valence electrons. The highest BCUT2D eigenvalue weighted by atomic mass is 31.1. The summed E-state index contributed by atoms with van der Waals surface area (Å²) < 4.78 is 14.8. The van der Waals surface area contributed by atoms with Crippen molar-refractivity contribution >= 4 is 8.25 Å². The first kappa shape index (κ1) is 20.5. The number of unbranched alkanes of at least 4 members (excludes halogenated alkanes) is 9. The fourth-order valence-electron chi connectivity index (χ4n) is 1.75. The van der Waals surface area contributed by atoms with Gasteiger partial charge in [-0.05, 0) is 6.42 Å². The SMILES string of the molecule is CC.CCCCCCCCCCCCO[PH](=O)O. The molecule has 0 bridgehead atoms. The van der Waals surface area contributed by atoms with E-state index < -0.39 is 8.25 Å². The van der Waals surface area contributed by atoms with Crippen LogP contribution in [0.1, 0.15) is 85.0 Å². The van der Waals surface area contributed by atoms with Gasteiger partial charge in [0.2, 0.25) is 0 Å². The first-order chi connectivity index (χ1) is 8.77. The zero-order valence-corrected chi connectivity index (χ0v) is 13.5. The van der Waals surface area contributed by atoms with Gasteiger partial charge in [0.15, 0.2) is 0 Å². The van der Waals surface area contributed by atoms with E-state index in [1.54, 1.807) is 0 Å². The van der Waals surface area contributed by atoms with Crippen molar-refractivity contribution in [3.8, 4) is 0 Å². The molecule has 0 saturated carbocycles. The van der Waals surface area contributed by atoms with Gasteiger partial charge in [-0.3, -0.25) is 4.57 Å². The van der Waals surface area contributed by atoms with Gasteiger partial charge in [-0.25, -0.2) is 0 Å². The largest absolute Gasteiger partial charge is 0.326 e. The summed E-state index contributed by atoms with van der Waals surface area (Å²) in [4.78, 5) is 8.42. The predicted molar refractivity (Wildman–Crippen MR) is 80.4 cm³/mol. The molecule has 18 heavy (non-hydrogen) atoms. The molecule has 1 atom stereocenters. The monoisotopic (exact) mass is 280 g/mol. The van der Waals surface area contributed by atoms with Gasteiger partial charge in [0.05, 0.1) is 6.61 Å². The van der Waals surface area contributed by atoms with Crippen LogP contribution in [0, 0.1) is 0 Å². The Balaban J connectivity index is 0. The molecule has 0 aromatic heterocycles. The molecule has 0 amide bonds. The van der Waals surface area contributed by atoms with Crippen LogP contribution < -0.4 is 0 Å². The van der Waals surface area contributed by atoms with Crippen LogP contribution in [0.5, 0.6) is 0 Å². The van der Waals surface area contributed by atoms with Gasteiger partial charge in [0.1, 0.15) is 0 Å². The average molecular weight is 280 g/mol. The summed E-state index contributed by atoms with van der Waals surface area (Å²) in [6.45, 7) is 6.67. The number of hydrogen-bond acceptors (Lipinski definition) is 2. The van der Waals surface area contributed by atoms with E-state index in [2.05, 4.69) is 11.4 Å². The lowest BCUT2D eigenvalue weighted by molar-refractivity contribution is 0.273. The summed E-state index contributed by atoms with van der Waals surface area (Å²) in [5.74, 6) is 0. The zero-order valence-electron chi connectivity index (χ0n) is 12.5. The maximum Gasteiger partial charge on any atom is 0.316 e.